The van der Waals surface area contributed by atoms with E-state index in [2.05, 4.69) is 10.2 Å². The summed E-state index contributed by atoms with van der Waals surface area (Å²) in [6, 6.07) is 15.9. The maximum absolute atomic E-state index is 12.8. The van der Waals surface area contributed by atoms with Crippen LogP contribution in [0.4, 0.5) is 0 Å². The van der Waals surface area contributed by atoms with Crippen LogP contribution in [0, 0.1) is 13.8 Å². The molecule has 1 heterocycles. The summed E-state index contributed by atoms with van der Waals surface area (Å²) in [4.78, 5) is 12.8. The van der Waals surface area contributed by atoms with Crippen LogP contribution >= 0.6 is 11.8 Å². The fourth-order valence-electron chi connectivity index (χ4n) is 2.69. The molecule has 0 aliphatic rings. The lowest BCUT2D eigenvalue weighted by Gasteiger charge is -2.12. The molecule has 3 aromatic rings. The molecule has 4 nitrogen and oxygen atoms in total. The van der Waals surface area contributed by atoms with Crippen LogP contribution in [0.3, 0.4) is 0 Å². The number of hydrogen-bond acceptors (Lipinski definition) is 4. The van der Waals surface area contributed by atoms with Gasteiger partial charge in [-0.3, -0.25) is 4.79 Å². The molecule has 25 heavy (non-hydrogen) atoms. The van der Waals surface area contributed by atoms with Crippen molar-refractivity contribution in [2.24, 2.45) is 7.05 Å². The maximum atomic E-state index is 12.8. The fourth-order valence-corrected chi connectivity index (χ4v) is 3.57. The summed E-state index contributed by atoms with van der Waals surface area (Å²) in [5.41, 5.74) is 3.89. The summed E-state index contributed by atoms with van der Waals surface area (Å²) < 4.78 is 1.94. The molecule has 0 N–H and O–H groups in total. The number of aromatic nitrogens is 3. The first-order valence-electron chi connectivity index (χ1n) is 8.20. The largest absolute Gasteiger partial charge is 0.305 e. The van der Waals surface area contributed by atoms with E-state index in [4.69, 9.17) is 0 Å². The van der Waals surface area contributed by atoms with Gasteiger partial charge in [-0.05, 0) is 32.4 Å². The number of carbonyl (C=O) groups excluding carboxylic acids is 1. The van der Waals surface area contributed by atoms with Crippen LogP contribution in [-0.2, 0) is 7.05 Å². The molecule has 0 spiro atoms. The Hall–Kier alpha value is -2.40. The average molecular weight is 351 g/mol. The molecule has 0 unspecified atom stereocenters. The SMILES string of the molecule is Cc1ccc(C)c(C(=O)[C@H](C)Sc2nnc(-c3ccccc3)n2C)c1. The van der Waals surface area contributed by atoms with E-state index in [0.29, 0.717) is 0 Å². The molecular formula is C20H21N3OS. The highest BCUT2D eigenvalue weighted by Gasteiger charge is 2.21. The molecular weight excluding hydrogens is 330 g/mol. The minimum Gasteiger partial charge on any atom is -0.305 e. The third kappa shape index (κ3) is 3.66. The van der Waals surface area contributed by atoms with Gasteiger partial charge in [0, 0.05) is 18.2 Å². The van der Waals surface area contributed by atoms with E-state index in [9.17, 15) is 4.79 Å². The van der Waals surface area contributed by atoms with Crippen molar-refractivity contribution >= 4 is 17.5 Å². The van der Waals surface area contributed by atoms with Gasteiger partial charge in [0.05, 0.1) is 5.25 Å². The minimum absolute atomic E-state index is 0.121. The maximum Gasteiger partial charge on any atom is 0.191 e. The van der Waals surface area contributed by atoms with Crippen LogP contribution in [0.25, 0.3) is 11.4 Å². The number of thioether (sulfide) groups is 1. The lowest BCUT2D eigenvalue weighted by Crippen LogP contribution is -2.16. The van der Waals surface area contributed by atoms with Gasteiger partial charge in [-0.15, -0.1) is 10.2 Å². The Labute approximate surface area is 152 Å². The van der Waals surface area contributed by atoms with Crippen molar-refractivity contribution in [3.05, 3.63) is 65.2 Å². The first-order chi connectivity index (χ1) is 12.0. The van der Waals surface area contributed by atoms with Crippen molar-refractivity contribution in [1.29, 1.82) is 0 Å². The smallest absolute Gasteiger partial charge is 0.191 e. The first-order valence-corrected chi connectivity index (χ1v) is 9.08. The zero-order valence-electron chi connectivity index (χ0n) is 14.9. The molecule has 1 atom stereocenters. The molecule has 5 heteroatoms. The molecule has 1 aromatic heterocycles. The highest BCUT2D eigenvalue weighted by Crippen LogP contribution is 2.28. The van der Waals surface area contributed by atoms with Gasteiger partial charge in [0.15, 0.2) is 16.8 Å². The summed E-state index contributed by atoms with van der Waals surface area (Å²) in [7, 11) is 1.93. The van der Waals surface area contributed by atoms with Crippen molar-refractivity contribution in [3.8, 4) is 11.4 Å². The normalized spacial score (nSPS) is 12.2. The first kappa shape index (κ1) is 17.4. The van der Waals surface area contributed by atoms with Gasteiger partial charge in [0.25, 0.3) is 0 Å². The predicted octanol–water partition coefficient (Wildman–Crippen LogP) is 4.46. The van der Waals surface area contributed by atoms with E-state index in [-0.39, 0.29) is 11.0 Å². The van der Waals surface area contributed by atoms with Gasteiger partial charge < -0.3 is 4.57 Å². The van der Waals surface area contributed by atoms with Crippen LogP contribution in [-0.4, -0.2) is 25.8 Å². The molecule has 0 bridgehead atoms. The zero-order valence-corrected chi connectivity index (χ0v) is 15.7. The molecule has 0 aliphatic carbocycles. The lowest BCUT2D eigenvalue weighted by molar-refractivity contribution is 0.0993. The predicted molar refractivity (Wildman–Crippen MR) is 102 cm³/mol. The molecule has 0 fully saturated rings. The summed E-state index contributed by atoms with van der Waals surface area (Å²) in [5.74, 6) is 0.921. The van der Waals surface area contributed by atoms with Gasteiger partial charge in [-0.2, -0.15) is 0 Å². The average Bonchev–Trinajstić information content (AvgIpc) is 2.97. The lowest BCUT2D eigenvalue weighted by atomic mass is 10.0. The van der Waals surface area contributed by atoms with Crippen molar-refractivity contribution in [1.82, 2.24) is 14.8 Å². The molecule has 0 saturated carbocycles. The quantitative estimate of drug-likeness (QED) is 0.503. The Bertz CT molecular complexity index is 903. The second-order valence-corrected chi connectivity index (χ2v) is 7.48. The topological polar surface area (TPSA) is 47.8 Å². The number of benzene rings is 2. The van der Waals surface area contributed by atoms with Gasteiger partial charge in [-0.1, -0.05) is 59.8 Å². The monoisotopic (exact) mass is 351 g/mol. The van der Waals surface area contributed by atoms with E-state index in [1.165, 1.54) is 11.8 Å². The van der Waals surface area contributed by atoms with E-state index in [0.717, 1.165) is 33.2 Å². The molecule has 128 valence electrons. The summed E-state index contributed by atoms with van der Waals surface area (Å²) in [6.45, 7) is 5.90. The highest BCUT2D eigenvalue weighted by atomic mass is 32.2. The fraction of sp³-hybridized carbons (Fsp3) is 0.250. The Morgan fingerprint density at radius 2 is 1.80 bits per heavy atom. The number of Topliss-reactive ketones (excluding diaryl/α,β-unsaturated/α-hetero) is 1. The Morgan fingerprint density at radius 3 is 2.52 bits per heavy atom. The van der Waals surface area contributed by atoms with Crippen LogP contribution in [0.5, 0.6) is 0 Å². The Kier molecular flexibility index (Phi) is 5.04. The van der Waals surface area contributed by atoms with Crippen LogP contribution in [0.15, 0.2) is 53.7 Å². The standard InChI is InChI=1S/C20H21N3OS/c1-13-10-11-14(2)17(12-13)18(24)15(3)25-20-22-21-19(23(20)4)16-8-6-5-7-9-16/h5-12,15H,1-4H3/t15-/m0/s1. The van der Waals surface area contributed by atoms with Gasteiger partial charge in [-0.25, -0.2) is 0 Å². The van der Waals surface area contributed by atoms with Gasteiger partial charge in [0.2, 0.25) is 0 Å². The van der Waals surface area contributed by atoms with E-state index >= 15 is 0 Å². The molecule has 2 aromatic carbocycles. The zero-order chi connectivity index (χ0) is 18.0. The number of ketones is 1. The summed E-state index contributed by atoms with van der Waals surface area (Å²) in [5, 5.41) is 9.07. The van der Waals surface area contributed by atoms with Crippen molar-refractivity contribution in [2.75, 3.05) is 0 Å². The third-order valence-electron chi connectivity index (χ3n) is 4.18. The summed E-state index contributed by atoms with van der Waals surface area (Å²) >= 11 is 1.44. The van der Waals surface area contributed by atoms with Gasteiger partial charge >= 0.3 is 0 Å². The van der Waals surface area contributed by atoms with Crippen LogP contribution < -0.4 is 0 Å². The van der Waals surface area contributed by atoms with Crippen molar-refractivity contribution < 1.29 is 4.79 Å². The van der Waals surface area contributed by atoms with Gasteiger partial charge in [0.1, 0.15) is 0 Å². The van der Waals surface area contributed by atoms with E-state index < -0.39 is 0 Å². The molecule has 0 saturated heterocycles. The van der Waals surface area contributed by atoms with E-state index in [1.807, 2.05) is 80.9 Å². The Balaban J connectivity index is 1.82. The number of rotatable bonds is 5. The second kappa shape index (κ2) is 7.23. The number of nitrogens with zero attached hydrogens (tertiary/aromatic N) is 3. The third-order valence-corrected chi connectivity index (χ3v) is 5.31. The van der Waals surface area contributed by atoms with Crippen LogP contribution in [0.2, 0.25) is 0 Å². The number of hydrogen-bond donors (Lipinski definition) is 0. The molecule has 3 rings (SSSR count). The molecule has 0 aliphatic heterocycles. The number of carbonyl (C=O) groups is 1. The number of aryl methyl sites for hydroxylation is 2. The van der Waals surface area contributed by atoms with Crippen molar-refractivity contribution in [3.63, 3.8) is 0 Å². The minimum atomic E-state index is -0.230. The van der Waals surface area contributed by atoms with E-state index in [1.54, 1.807) is 0 Å². The molecule has 0 amide bonds. The van der Waals surface area contributed by atoms with Crippen molar-refractivity contribution in [2.45, 2.75) is 31.2 Å². The highest BCUT2D eigenvalue weighted by molar-refractivity contribution is 8.00. The Morgan fingerprint density at radius 1 is 1.08 bits per heavy atom. The molecule has 0 radical (unpaired) electrons. The second-order valence-electron chi connectivity index (χ2n) is 6.17. The summed E-state index contributed by atoms with van der Waals surface area (Å²) in [6.07, 6.45) is 0. The van der Waals surface area contributed by atoms with Crippen LogP contribution in [0.1, 0.15) is 28.4 Å².